The van der Waals surface area contributed by atoms with E-state index in [2.05, 4.69) is 45.3 Å². The average molecular weight is 346 g/mol. The lowest BCUT2D eigenvalue weighted by Gasteiger charge is -2.49. The van der Waals surface area contributed by atoms with Crippen LogP contribution in [0, 0.1) is 16.7 Å². The Kier molecular flexibility index (Phi) is 5.45. The molecule has 1 fully saturated rings. The minimum atomic E-state index is -0.305. The second-order valence-electron chi connectivity index (χ2n) is 8.69. The van der Waals surface area contributed by atoms with Gasteiger partial charge in [-0.15, -0.1) is 0 Å². The van der Waals surface area contributed by atoms with E-state index >= 15 is 0 Å². The highest BCUT2D eigenvalue weighted by atomic mass is 16.3. The largest absolute Gasteiger partial charge is 0.505 e. The third-order valence-electron chi connectivity index (χ3n) is 5.62. The third-order valence-corrected chi connectivity index (χ3v) is 5.62. The quantitative estimate of drug-likeness (QED) is 0.558. The van der Waals surface area contributed by atoms with Gasteiger partial charge in [-0.1, -0.05) is 40.7 Å². The lowest BCUT2D eigenvalue weighted by atomic mass is 9.58. The van der Waals surface area contributed by atoms with Crippen LogP contribution in [-0.4, -0.2) is 23.5 Å². The van der Waals surface area contributed by atoms with Gasteiger partial charge >= 0.3 is 0 Å². The standard InChI is InChI=1S/C20H30N2O3/c1-13(2)20(5)10-14(9-19(3,4)11-20)22-18(25)15-7-6-8-16(17(15)24)21-12-23/h6-8,12-14,24H,9-11H2,1-5H3,(H,21,23)(H,22,25). The number of benzene rings is 1. The molecule has 1 aliphatic rings. The number of carbonyl (C=O) groups is 2. The van der Waals surface area contributed by atoms with Crippen LogP contribution in [-0.2, 0) is 4.79 Å². The molecule has 2 unspecified atom stereocenters. The number of carbonyl (C=O) groups excluding carboxylic acids is 2. The Morgan fingerprint density at radius 2 is 1.96 bits per heavy atom. The Labute approximate surface area is 150 Å². The molecule has 1 aromatic rings. The predicted molar refractivity (Wildman–Crippen MR) is 99.6 cm³/mol. The number of aromatic hydroxyl groups is 1. The zero-order valence-corrected chi connectivity index (χ0v) is 15.8. The van der Waals surface area contributed by atoms with E-state index in [0.717, 1.165) is 19.3 Å². The van der Waals surface area contributed by atoms with E-state index in [1.807, 2.05) is 0 Å². The monoisotopic (exact) mass is 346 g/mol. The summed E-state index contributed by atoms with van der Waals surface area (Å²) in [5, 5.41) is 15.7. The van der Waals surface area contributed by atoms with Crippen molar-refractivity contribution in [1.29, 1.82) is 0 Å². The first-order chi connectivity index (χ1) is 11.6. The van der Waals surface area contributed by atoms with Gasteiger partial charge in [0.2, 0.25) is 6.41 Å². The summed E-state index contributed by atoms with van der Waals surface area (Å²) in [4.78, 5) is 23.3. The summed E-state index contributed by atoms with van der Waals surface area (Å²) in [5.74, 6) is 0.0228. The Morgan fingerprint density at radius 3 is 2.56 bits per heavy atom. The summed E-state index contributed by atoms with van der Waals surface area (Å²) in [7, 11) is 0. The van der Waals surface area contributed by atoms with Crippen molar-refractivity contribution in [3.63, 3.8) is 0 Å². The maximum atomic E-state index is 12.7. The van der Waals surface area contributed by atoms with E-state index in [1.165, 1.54) is 0 Å². The number of amides is 2. The van der Waals surface area contributed by atoms with Crippen molar-refractivity contribution >= 4 is 18.0 Å². The maximum Gasteiger partial charge on any atom is 0.255 e. The maximum absolute atomic E-state index is 12.7. The molecule has 1 aromatic carbocycles. The first-order valence-electron chi connectivity index (χ1n) is 8.91. The lowest BCUT2D eigenvalue weighted by molar-refractivity contribution is -0.105. The van der Waals surface area contributed by atoms with E-state index in [1.54, 1.807) is 18.2 Å². The molecule has 1 aliphatic carbocycles. The van der Waals surface area contributed by atoms with Crippen molar-refractivity contribution < 1.29 is 14.7 Å². The predicted octanol–water partition coefficient (Wildman–Crippen LogP) is 3.93. The molecular weight excluding hydrogens is 316 g/mol. The number of anilines is 1. The molecule has 2 rings (SSSR count). The van der Waals surface area contributed by atoms with E-state index < -0.39 is 0 Å². The number of para-hydroxylation sites is 1. The average Bonchev–Trinajstić information content (AvgIpc) is 2.47. The van der Waals surface area contributed by atoms with E-state index in [-0.39, 0.29) is 39.8 Å². The summed E-state index contributed by atoms with van der Waals surface area (Å²) in [6.07, 6.45) is 3.45. The number of hydrogen-bond acceptors (Lipinski definition) is 3. The minimum absolute atomic E-state index is 0.0609. The minimum Gasteiger partial charge on any atom is -0.505 e. The fourth-order valence-electron chi connectivity index (χ4n) is 4.25. The number of phenolic OH excluding ortho intramolecular Hbond substituents is 1. The molecule has 1 saturated carbocycles. The Hall–Kier alpha value is -2.04. The Bertz CT molecular complexity index is 654. The van der Waals surface area contributed by atoms with Crippen LogP contribution in [0.5, 0.6) is 5.75 Å². The second-order valence-corrected chi connectivity index (χ2v) is 8.69. The van der Waals surface area contributed by atoms with Gasteiger partial charge in [0.1, 0.15) is 0 Å². The normalized spacial score (nSPS) is 25.4. The molecule has 0 bridgehead atoms. The highest BCUT2D eigenvalue weighted by molar-refractivity contribution is 5.99. The van der Waals surface area contributed by atoms with Gasteiger partial charge in [-0.2, -0.15) is 0 Å². The van der Waals surface area contributed by atoms with Crippen LogP contribution in [0.3, 0.4) is 0 Å². The summed E-state index contributed by atoms with van der Waals surface area (Å²) in [6.45, 7) is 11.3. The molecule has 2 atom stereocenters. The van der Waals surface area contributed by atoms with Gasteiger partial charge in [-0.05, 0) is 48.1 Å². The Balaban J connectivity index is 2.20. The van der Waals surface area contributed by atoms with Gasteiger partial charge in [0.25, 0.3) is 5.91 Å². The number of hydrogen-bond donors (Lipinski definition) is 3. The van der Waals surface area contributed by atoms with Gasteiger partial charge in [-0.3, -0.25) is 9.59 Å². The smallest absolute Gasteiger partial charge is 0.255 e. The molecule has 25 heavy (non-hydrogen) atoms. The summed E-state index contributed by atoms with van der Waals surface area (Å²) in [6, 6.07) is 4.82. The first kappa shape index (κ1) is 19.3. The van der Waals surface area contributed by atoms with Crippen LogP contribution in [0.15, 0.2) is 18.2 Å². The first-order valence-corrected chi connectivity index (χ1v) is 8.91. The van der Waals surface area contributed by atoms with Crippen LogP contribution in [0.2, 0.25) is 0 Å². The summed E-state index contributed by atoms with van der Waals surface area (Å²) in [5.41, 5.74) is 0.737. The molecule has 0 aliphatic heterocycles. The molecule has 5 heteroatoms. The summed E-state index contributed by atoms with van der Waals surface area (Å²) >= 11 is 0. The lowest BCUT2D eigenvalue weighted by Crippen LogP contribution is -2.48. The highest BCUT2D eigenvalue weighted by Crippen LogP contribution is 2.50. The zero-order valence-electron chi connectivity index (χ0n) is 15.8. The molecule has 0 radical (unpaired) electrons. The fraction of sp³-hybridized carbons (Fsp3) is 0.600. The van der Waals surface area contributed by atoms with Crippen molar-refractivity contribution in [2.45, 2.75) is 59.9 Å². The van der Waals surface area contributed by atoms with Crippen molar-refractivity contribution in [3.05, 3.63) is 23.8 Å². The molecular formula is C20H30N2O3. The SMILES string of the molecule is CC(C)C1(C)CC(NC(=O)c2cccc(NC=O)c2O)CC(C)(C)C1. The van der Waals surface area contributed by atoms with Gasteiger partial charge < -0.3 is 15.7 Å². The molecule has 138 valence electrons. The molecule has 0 heterocycles. The van der Waals surface area contributed by atoms with E-state index in [9.17, 15) is 14.7 Å². The number of phenols is 1. The van der Waals surface area contributed by atoms with Gasteiger partial charge in [0.05, 0.1) is 11.3 Å². The van der Waals surface area contributed by atoms with Crippen LogP contribution in [0.4, 0.5) is 5.69 Å². The second kappa shape index (κ2) is 7.06. The molecule has 5 nitrogen and oxygen atoms in total. The Morgan fingerprint density at radius 1 is 1.28 bits per heavy atom. The van der Waals surface area contributed by atoms with Gasteiger partial charge in [0.15, 0.2) is 5.75 Å². The topological polar surface area (TPSA) is 78.4 Å². The van der Waals surface area contributed by atoms with Crippen molar-refractivity contribution in [1.82, 2.24) is 5.32 Å². The van der Waals surface area contributed by atoms with Crippen LogP contribution < -0.4 is 10.6 Å². The van der Waals surface area contributed by atoms with Gasteiger partial charge in [0, 0.05) is 6.04 Å². The zero-order chi connectivity index (χ0) is 18.8. The fourth-order valence-corrected chi connectivity index (χ4v) is 4.25. The van der Waals surface area contributed by atoms with Crippen LogP contribution in [0.25, 0.3) is 0 Å². The number of nitrogens with one attached hydrogen (secondary N) is 2. The van der Waals surface area contributed by atoms with Gasteiger partial charge in [-0.25, -0.2) is 0 Å². The highest BCUT2D eigenvalue weighted by Gasteiger charge is 2.43. The number of rotatable bonds is 5. The molecule has 2 amide bonds. The van der Waals surface area contributed by atoms with Crippen molar-refractivity contribution in [2.75, 3.05) is 5.32 Å². The molecule has 0 saturated heterocycles. The molecule has 0 spiro atoms. The van der Waals surface area contributed by atoms with E-state index in [0.29, 0.717) is 12.3 Å². The molecule has 0 aromatic heterocycles. The van der Waals surface area contributed by atoms with Crippen molar-refractivity contribution in [2.24, 2.45) is 16.7 Å². The van der Waals surface area contributed by atoms with E-state index in [4.69, 9.17) is 0 Å². The summed E-state index contributed by atoms with van der Waals surface area (Å²) < 4.78 is 0. The van der Waals surface area contributed by atoms with Crippen LogP contribution in [0.1, 0.15) is 64.2 Å². The molecule has 3 N–H and O–H groups in total. The van der Waals surface area contributed by atoms with Crippen molar-refractivity contribution in [3.8, 4) is 5.75 Å². The van der Waals surface area contributed by atoms with Crippen LogP contribution >= 0.6 is 0 Å². The third kappa shape index (κ3) is 4.33.